The van der Waals surface area contributed by atoms with Gasteiger partial charge in [-0.1, -0.05) is 6.42 Å². The molecule has 5 nitrogen and oxygen atoms in total. The second-order valence-electron chi connectivity index (χ2n) is 4.58. The Labute approximate surface area is 116 Å². The maximum Gasteiger partial charge on any atom is 0.245 e. The second kappa shape index (κ2) is 6.70. The fraction of sp³-hybridized carbons (Fsp3) is 0.818. The summed E-state index contributed by atoms with van der Waals surface area (Å²) in [6.07, 6.45) is 7.09. The van der Waals surface area contributed by atoms with Gasteiger partial charge in [-0.05, 0) is 19.1 Å². The van der Waals surface area contributed by atoms with Gasteiger partial charge in [0, 0.05) is 17.8 Å². The van der Waals surface area contributed by atoms with Crippen LogP contribution in [0.3, 0.4) is 0 Å². The highest BCUT2D eigenvalue weighted by atomic mass is 32.2. The number of nitrogens with one attached hydrogen (secondary N) is 1. The first-order chi connectivity index (χ1) is 8.74. The largest absolute Gasteiger partial charge is 0.473 e. The van der Waals surface area contributed by atoms with Crippen molar-refractivity contribution in [2.24, 2.45) is 0 Å². The monoisotopic (exact) mass is 289 g/mol. The van der Waals surface area contributed by atoms with Gasteiger partial charge in [-0.15, -0.1) is 4.37 Å². The minimum Gasteiger partial charge on any atom is -0.473 e. The predicted octanol–water partition coefficient (Wildman–Crippen LogP) is 1.15. The average Bonchev–Trinajstić information content (AvgIpc) is 2.83. The Morgan fingerprint density at radius 1 is 1.67 bits per heavy atom. The Kier molecular flexibility index (Phi) is 5.23. The van der Waals surface area contributed by atoms with Crippen molar-refractivity contribution in [3.8, 4) is 5.88 Å². The summed E-state index contributed by atoms with van der Waals surface area (Å²) in [4.78, 5) is 0. The summed E-state index contributed by atoms with van der Waals surface area (Å²) in [7, 11) is 0. The molecule has 0 amide bonds. The van der Waals surface area contributed by atoms with Gasteiger partial charge in [-0.2, -0.15) is 16.1 Å². The van der Waals surface area contributed by atoms with Crippen LogP contribution in [0.4, 0.5) is 0 Å². The smallest absolute Gasteiger partial charge is 0.245 e. The normalized spacial score (nSPS) is 19.2. The third kappa shape index (κ3) is 3.81. The summed E-state index contributed by atoms with van der Waals surface area (Å²) >= 11 is 3.03. The zero-order valence-corrected chi connectivity index (χ0v) is 12.1. The molecule has 0 spiro atoms. The number of nitrogens with zero attached hydrogens (tertiary/aromatic N) is 2. The van der Waals surface area contributed by atoms with Crippen molar-refractivity contribution >= 4 is 23.5 Å². The van der Waals surface area contributed by atoms with Crippen LogP contribution >= 0.6 is 23.5 Å². The van der Waals surface area contributed by atoms with Gasteiger partial charge in [0.05, 0.1) is 11.7 Å². The summed E-state index contributed by atoms with van der Waals surface area (Å²) in [5, 5.41) is 13.1. The van der Waals surface area contributed by atoms with Crippen LogP contribution in [0, 0.1) is 0 Å². The van der Waals surface area contributed by atoms with Crippen LogP contribution in [0.15, 0.2) is 6.20 Å². The predicted molar refractivity (Wildman–Crippen MR) is 74.4 cm³/mol. The van der Waals surface area contributed by atoms with Gasteiger partial charge in [0.1, 0.15) is 18.9 Å². The number of hydrogen-bond acceptors (Lipinski definition) is 7. The molecule has 1 fully saturated rings. The van der Waals surface area contributed by atoms with Crippen LogP contribution in [0.25, 0.3) is 0 Å². The molecule has 1 saturated carbocycles. The van der Waals surface area contributed by atoms with Crippen molar-refractivity contribution in [1.82, 2.24) is 14.1 Å². The standard InChI is InChI=1S/C11H19N3O2S2/c1-17-11(3-2-4-11)8-12-5-9(15)7-16-10-6-13-18-14-10/h6,9,12,15H,2-5,7-8H2,1H3. The van der Waals surface area contributed by atoms with E-state index in [2.05, 4.69) is 20.3 Å². The molecule has 0 aromatic carbocycles. The zero-order chi connectivity index (χ0) is 12.8. The van der Waals surface area contributed by atoms with Gasteiger partial charge in [-0.3, -0.25) is 0 Å². The van der Waals surface area contributed by atoms with Crippen LogP contribution < -0.4 is 10.1 Å². The Morgan fingerprint density at radius 2 is 2.50 bits per heavy atom. The molecule has 0 saturated heterocycles. The molecular weight excluding hydrogens is 270 g/mol. The minimum absolute atomic E-state index is 0.255. The van der Waals surface area contributed by atoms with E-state index >= 15 is 0 Å². The van der Waals surface area contributed by atoms with E-state index in [-0.39, 0.29) is 6.61 Å². The lowest BCUT2D eigenvalue weighted by Gasteiger charge is -2.40. The van der Waals surface area contributed by atoms with Crippen LogP contribution in [-0.2, 0) is 0 Å². The van der Waals surface area contributed by atoms with Gasteiger partial charge in [-0.25, -0.2) is 0 Å². The first-order valence-electron chi connectivity index (χ1n) is 6.08. The van der Waals surface area contributed by atoms with Gasteiger partial charge in [0.2, 0.25) is 5.88 Å². The Hall–Kier alpha value is -0.370. The topological polar surface area (TPSA) is 67.3 Å². The summed E-state index contributed by atoms with van der Waals surface area (Å²) in [5.74, 6) is 0.485. The Morgan fingerprint density at radius 3 is 3.06 bits per heavy atom. The summed E-state index contributed by atoms with van der Waals surface area (Å²) < 4.78 is 13.4. The van der Waals surface area contributed by atoms with E-state index in [0.717, 1.165) is 18.3 Å². The lowest BCUT2D eigenvalue weighted by Crippen LogP contribution is -2.45. The first-order valence-corrected chi connectivity index (χ1v) is 8.04. The molecule has 18 heavy (non-hydrogen) atoms. The third-order valence-corrected chi connectivity index (χ3v) is 5.17. The van der Waals surface area contributed by atoms with Crippen LogP contribution in [0.2, 0.25) is 0 Å². The van der Waals surface area contributed by atoms with Crippen LogP contribution in [-0.4, -0.2) is 50.7 Å². The van der Waals surface area contributed by atoms with Gasteiger partial charge >= 0.3 is 0 Å². The SMILES string of the molecule is CSC1(CNCC(O)COc2cnsn2)CCC1. The maximum atomic E-state index is 9.77. The molecule has 0 bridgehead atoms. The highest BCUT2D eigenvalue weighted by Crippen LogP contribution is 2.42. The number of aromatic nitrogens is 2. The van der Waals surface area contributed by atoms with Crippen molar-refractivity contribution < 1.29 is 9.84 Å². The molecule has 0 aliphatic heterocycles. The molecule has 1 unspecified atom stereocenters. The number of hydrogen-bond donors (Lipinski definition) is 2. The molecule has 7 heteroatoms. The molecule has 1 atom stereocenters. The van der Waals surface area contributed by atoms with E-state index in [1.807, 2.05) is 11.8 Å². The first kappa shape index (κ1) is 14.0. The lowest BCUT2D eigenvalue weighted by atomic mass is 9.84. The Balaban J connectivity index is 1.58. The molecule has 1 aromatic rings. The maximum absolute atomic E-state index is 9.77. The summed E-state index contributed by atoms with van der Waals surface area (Å²) in [6, 6.07) is 0. The number of rotatable bonds is 8. The molecule has 0 radical (unpaired) electrons. The molecule has 1 aliphatic carbocycles. The molecular formula is C11H19N3O2S2. The van der Waals surface area contributed by atoms with E-state index in [9.17, 15) is 5.11 Å². The number of ether oxygens (including phenoxy) is 1. The van der Waals surface area contributed by atoms with Crippen molar-refractivity contribution in [2.45, 2.75) is 30.1 Å². The Bertz CT molecular complexity index is 339. The van der Waals surface area contributed by atoms with Gasteiger partial charge in [0.15, 0.2) is 0 Å². The average molecular weight is 289 g/mol. The zero-order valence-electron chi connectivity index (χ0n) is 10.5. The third-order valence-electron chi connectivity index (χ3n) is 3.29. The van der Waals surface area contributed by atoms with E-state index < -0.39 is 6.10 Å². The quantitative estimate of drug-likeness (QED) is 0.748. The fourth-order valence-corrected chi connectivity index (χ4v) is 3.26. The van der Waals surface area contributed by atoms with Crippen molar-refractivity contribution in [3.05, 3.63) is 6.20 Å². The summed E-state index contributed by atoms with van der Waals surface area (Å²) in [6.45, 7) is 1.77. The minimum atomic E-state index is -0.509. The number of thioether (sulfide) groups is 1. The van der Waals surface area contributed by atoms with Crippen LogP contribution in [0.1, 0.15) is 19.3 Å². The van der Waals surface area contributed by atoms with Crippen molar-refractivity contribution in [2.75, 3.05) is 26.0 Å². The molecule has 2 rings (SSSR count). The highest BCUT2D eigenvalue weighted by Gasteiger charge is 2.35. The number of aliphatic hydroxyl groups excluding tert-OH is 1. The van der Waals surface area contributed by atoms with Crippen LogP contribution in [0.5, 0.6) is 5.88 Å². The molecule has 1 aliphatic rings. The van der Waals surface area contributed by atoms with Gasteiger partial charge < -0.3 is 15.2 Å². The van der Waals surface area contributed by atoms with E-state index in [0.29, 0.717) is 17.2 Å². The lowest BCUT2D eigenvalue weighted by molar-refractivity contribution is 0.103. The highest BCUT2D eigenvalue weighted by molar-refractivity contribution is 8.00. The second-order valence-corrected chi connectivity index (χ2v) is 6.41. The van der Waals surface area contributed by atoms with E-state index in [1.54, 1.807) is 6.20 Å². The van der Waals surface area contributed by atoms with E-state index in [1.165, 1.54) is 19.3 Å². The summed E-state index contributed by atoms with van der Waals surface area (Å²) in [5.41, 5.74) is 0. The van der Waals surface area contributed by atoms with Crippen molar-refractivity contribution in [1.29, 1.82) is 0 Å². The molecule has 102 valence electrons. The molecule has 1 aromatic heterocycles. The fourth-order valence-electron chi connectivity index (χ4n) is 1.95. The molecule has 2 N–H and O–H groups in total. The van der Waals surface area contributed by atoms with E-state index in [4.69, 9.17) is 4.74 Å². The van der Waals surface area contributed by atoms with Gasteiger partial charge in [0.25, 0.3) is 0 Å². The van der Waals surface area contributed by atoms with Crippen molar-refractivity contribution in [3.63, 3.8) is 0 Å². The molecule has 1 heterocycles. The number of aliphatic hydroxyl groups is 1.